The molecule has 1 N–H and O–H groups in total. The van der Waals surface area contributed by atoms with Crippen molar-refractivity contribution >= 4 is 23.2 Å². The number of hydrogen-bond donors (Lipinski definition) is 1. The fourth-order valence-electron chi connectivity index (χ4n) is 2.60. The first-order chi connectivity index (χ1) is 12.0. The Morgan fingerprint density at radius 1 is 1.00 bits per heavy atom. The van der Waals surface area contributed by atoms with Crippen molar-refractivity contribution < 1.29 is 9.59 Å². The van der Waals surface area contributed by atoms with Crippen LogP contribution < -0.4 is 10.2 Å². The van der Waals surface area contributed by atoms with Crippen LogP contribution >= 0.6 is 0 Å². The van der Waals surface area contributed by atoms with E-state index in [1.807, 2.05) is 6.07 Å². The summed E-state index contributed by atoms with van der Waals surface area (Å²) in [6, 6.07) is 10.4. The van der Waals surface area contributed by atoms with Crippen molar-refractivity contribution in [2.24, 2.45) is 0 Å². The minimum Gasteiger partial charge on any atom is -0.357 e. The van der Waals surface area contributed by atoms with Crippen LogP contribution in [-0.2, 0) is 0 Å². The van der Waals surface area contributed by atoms with Gasteiger partial charge in [0.2, 0.25) is 0 Å². The molecule has 2 aromatic rings. The van der Waals surface area contributed by atoms with Crippen LogP contribution in [0.3, 0.4) is 0 Å². The quantitative estimate of drug-likeness (QED) is 0.734. The number of anilines is 2. The number of carbonyl (C=O) groups is 2. The average Bonchev–Trinajstić information content (AvgIpc) is 2.62. The van der Waals surface area contributed by atoms with Gasteiger partial charge in [0.05, 0.1) is 0 Å². The fourth-order valence-corrected chi connectivity index (χ4v) is 2.60. The van der Waals surface area contributed by atoms with E-state index in [0.717, 1.165) is 31.7 Å². The van der Waals surface area contributed by atoms with Gasteiger partial charge >= 0.3 is 0 Å². The zero-order valence-electron chi connectivity index (χ0n) is 15.1. The summed E-state index contributed by atoms with van der Waals surface area (Å²) in [4.78, 5) is 30.4. The normalized spacial score (nSPS) is 10.4. The van der Waals surface area contributed by atoms with E-state index in [-0.39, 0.29) is 11.7 Å². The lowest BCUT2D eigenvalue weighted by atomic mass is 10.1. The molecule has 0 aliphatic rings. The van der Waals surface area contributed by atoms with Crippen molar-refractivity contribution in [3.8, 4) is 0 Å². The van der Waals surface area contributed by atoms with Crippen molar-refractivity contribution in [3.05, 3.63) is 53.7 Å². The van der Waals surface area contributed by atoms with E-state index in [4.69, 9.17) is 0 Å². The Hall–Kier alpha value is -2.69. The number of benzene rings is 1. The molecule has 5 heteroatoms. The maximum atomic E-state index is 12.5. The number of hydrogen-bond acceptors (Lipinski definition) is 4. The average molecular weight is 339 g/mol. The molecule has 2 rings (SSSR count). The van der Waals surface area contributed by atoms with Crippen LogP contribution in [0.5, 0.6) is 0 Å². The molecule has 0 saturated heterocycles. The number of nitrogens with one attached hydrogen (secondary N) is 1. The molecule has 132 valence electrons. The molecular formula is C20H25N3O2. The number of carbonyl (C=O) groups excluding carboxylic acids is 2. The highest BCUT2D eigenvalue weighted by Gasteiger charge is 2.11. The third-order valence-corrected chi connectivity index (χ3v) is 3.87. The predicted molar refractivity (Wildman–Crippen MR) is 101 cm³/mol. The third-order valence-electron chi connectivity index (χ3n) is 3.87. The summed E-state index contributed by atoms with van der Waals surface area (Å²) < 4.78 is 0. The minimum absolute atomic E-state index is 0.00333. The summed E-state index contributed by atoms with van der Waals surface area (Å²) in [6.07, 6.45) is 3.72. The molecule has 0 aliphatic carbocycles. The van der Waals surface area contributed by atoms with Crippen LogP contribution in [0.25, 0.3) is 0 Å². The van der Waals surface area contributed by atoms with E-state index in [0.29, 0.717) is 16.8 Å². The monoisotopic (exact) mass is 339 g/mol. The van der Waals surface area contributed by atoms with E-state index in [1.165, 1.54) is 6.92 Å². The molecule has 0 bridgehead atoms. The van der Waals surface area contributed by atoms with E-state index in [1.54, 1.807) is 36.5 Å². The first kappa shape index (κ1) is 18.6. The number of amides is 1. The first-order valence-electron chi connectivity index (χ1n) is 8.68. The summed E-state index contributed by atoms with van der Waals surface area (Å²) in [5.74, 6) is 0.638. The highest BCUT2D eigenvalue weighted by molar-refractivity contribution is 6.05. The molecular weight excluding hydrogens is 314 g/mol. The SMILES string of the molecule is CCCN(CCC)c1cc(C(=O)Nc2ccc(C(C)=O)cc2)ccn1. The van der Waals surface area contributed by atoms with Gasteiger partial charge in [-0.15, -0.1) is 0 Å². The van der Waals surface area contributed by atoms with E-state index in [2.05, 4.69) is 29.0 Å². The van der Waals surface area contributed by atoms with Gasteiger partial charge in [0.25, 0.3) is 5.91 Å². The molecule has 1 aromatic heterocycles. The van der Waals surface area contributed by atoms with Crippen molar-refractivity contribution in [3.63, 3.8) is 0 Å². The summed E-state index contributed by atoms with van der Waals surface area (Å²) >= 11 is 0. The number of ketones is 1. The molecule has 0 fully saturated rings. The molecule has 1 amide bonds. The topological polar surface area (TPSA) is 62.3 Å². The summed E-state index contributed by atoms with van der Waals surface area (Å²) in [5, 5.41) is 2.86. The first-order valence-corrected chi connectivity index (χ1v) is 8.68. The Bertz CT molecular complexity index is 720. The molecule has 0 atom stereocenters. The summed E-state index contributed by atoms with van der Waals surface area (Å²) in [5.41, 5.74) is 1.85. The second kappa shape index (κ2) is 8.97. The molecule has 1 heterocycles. The van der Waals surface area contributed by atoms with E-state index < -0.39 is 0 Å². The van der Waals surface area contributed by atoms with Gasteiger partial charge in [-0.05, 0) is 56.2 Å². The zero-order valence-corrected chi connectivity index (χ0v) is 15.1. The molecule has 0 radical (unpaired) electrons. The van der Waals surface area contributed by atoms with Crippen LogP contribution in [-0.4, -0.2) is 29.8 Å². The molecule has 25 heavy (non-hydrogen) atoms. The van der Waals surface area contributed by atoms with Crippen LogP contribution in [0, 0.1) is 0 Å². The molecule has 0 saturated carbocycles. The minimum atomic E-state index is -0.188. The predicted octanol–water partition coefficient (Wildman–Crippen LogP) is 4.16. The zero-order chi connectivity index (χ0) is 18.2. The van der Waals surface area contributed by atoms with Crippen LogP contribution in [0.15, 0.2) is 42.6 Å². The van der Waals surface area contributed by atoms with Gasteiger partial charge in [-0.3, -0.25) is 9.59 Å². The largest absolute Gasteiger partial charge is 0.357 e. The van der Waals surface area contributed by atoms with Gasteiger partial charge in [-0.1, -0.05) is 13.8 Å². The van der Waals surface area contributed by atoms with Gasteiger partial charge in [0, 0.05) is 36.1 Å². The smallest absolute Gasteiger partial charge is 0.255 e. The Balaban J connectivity index is 2.13. The maximum absolute atomic E-state index is 12.5. The standard InChI is InChI=1S/C20H25N3O2/c1-4-12-23(13-5-2)19-14-17(10-11-21-19)20(25)22-18-8-6-16(7-9-18)15(3)24/h6-11,14H,4-5,12-13H2,1-3H3,(H,22,25). The van der Waals surface area contributed by atoms with Crippen LogP contribution in [0.2, 0.25) is 0 Å². The molecule has 0 spiro atoms. The van der Waals surface area contributed by atoms with Crippen LogP contribution in [0.4, 0.5) is 11.5 Å². The fraction of sp³-hybridized carbons (Fsp3) is 0.350. The Labute approximate surface area is 149 Å². The highest BCUT2D eigenvalue weighted by Crippen LogP contribution is 2.16. The molecule has 0 aliphatic heterocycles. The Morgan fingerprint density at radius 3 is 2.20 bits per heavy atom. The van der Waals surface area contributed by atoms with E-state index >= 15 is 0 Å². The molecule has 1 aromatic carbocycles. The van der Waals surface area contributed by atoms with Crippen LogP contribution in [0.1, 0.15) is 54.3 Å². The van der Waals surface area contributed by atoms with Gasteiger partial charge < -0.3 is 10.2 Å². The number of aromatic nitrogens is 1. The number of nitrogens with zero attached hydrogens (tertiary/aromatic N) is 2. The molecule has 0 unspecified atom stereocenters. The number of rotatable bonds is 8. The van der Waals surface area contributed by atoms with Gasteiger partial charge in [0.15, 0.2) is 5.78 Å². The lowest BCUT2D eigenvalue weighted by Gasteiger charge is -2.22. The lowest BCUT2D eigenvalue weighted by Crippen LogP contribution is -2.26. The highest BCUT2D eigenvalue weighted by atomic mass is 16.1. The maximum Gasteiger partial charge on any atom is 0.255 e. The van der Waals surface area contributed by atoms with Crippen molar-refractivity contribution in [1.29, 1.82) is 0 Å². The summed E-state index contributed by atoms with van der Waals surface area (Å²) in [7, 11) is 0. The molecule has 5 nitrogen and oxygen atoms in total. The van der Waals surface area contributed by atoms with Crippen molar-refractivity contribution in [1.82, 2.24) is 4.98 Å². The summed E-state index contributed by atoms with van der Waals surface area (Å²) in [6.45, 7) is 7.61. The van der Waals surface area contributed by atoms with E-state index in [9.17, 15) is 9.59 Å². The second-order valence-electron chi connectivity index (χ2n) is 5.98. The second-order valence-corrected chi connectivity index (χ2v) is 5.98. The lowest BCUT2D eigenvalue weighted by molar-refractivity contribution is 0.101. The van der Waals surface area contributed by atoms with Gasteiger partial charge in [0.1, 0.15) is 5.82 Å². The van der Waals surface area contributed by atoms with Gasteiger partial charge in [-0.2, -0.15) is 0 Å². The number of Topliss-reactive ketones (excluding diaryl/α,β-unsaturated/α-hetero) is 1. The third kappa shape index (κ3) is 5.14. The Morgan fingerprint density at radius 2 is 1.64 bits per heavy atom. The Kier molecular flexibility index (Phi) is 6.69. The number of pyridine rings is 1. The van der Waals surface area contributed by atoms with Gasteiger partial charge in [-0.25, -0.2) is 4.98 Å². The van der Waals surface area contributed by atoms with Crippen molar-refractivity contribution in [2.75, 3.05) is 23.3 Å². The van der Waals surface area contributed by atoms with Crippen molar-refractivity contribution in [2.45, 2.75) is 33.6 Å².